The molecule has 1 unspecified atom stereocenters. The predicted molar refractivity (Wildman–Crippen MR) is 87.7 cm³/mol. The van der Waals surface area contributed by atoms with Gasteiger partial charge in [-0.3, -0.25) is 0 Å². The molecule has 0 bridgehead atoms. The Morgan fingerprint density at radius 2 is 2.00 bits per heavy atom. The molecular formula is C17H16BrNO2. The Balaban J connectivity index is 2.08. The van der Waals surface area contributed by atoms with E-state index in [9.17, 15) is 0 Å². The summed E-state index contributed by atoms with van der Waals surface area (Å²) in [6.45, 7) is 2.04. The number of rotatable bonds is 3. The third-order valence-electron chi connectivity index (χ3n) is 3.67. The Kier molecular flexibility index (Phi) is 3.74. The minimum atomic E-state index is -0.314. The molecule has 3 rings (SSSR count). The summed E-state index contributed by atoms with van der Waals surface area (Å²) in [4.78, 5) is 0. The molecule has 0 aliphatic carbocycles. The average molecular weight is 346 g/mol. The molecule has 0 fully saturated rings. The largest absolute Gasteiger partial charge is 0.497 e. The summed E-state index contributed by atoms with van der Waals surface area (Å²) in [5.41, 5.74) is 9.27. The van der Waals surface area contributed by atoms with Gasteiger partial charge in [0.15, 0.2) is 0 Å². The van der Waals surface area contributed by atoms with Crippen LogP contribution in [0.25, 0.3) is 11.0 Å². The van der Waals surface area contributed by atoms with Gasteiger partial charge in [0.2, 0.25) is 0 Å². The van der Waals surface area contributed by atoms with Gasteiger partial charge in [-0.15, -0.1) is 0 Å². The van der Waals surface area contributed by atoms with Crippen molar-refractivity contribution in [2.75, 3.05) is 7.11 Å². The van der Waals surface area contributed by atoms with Crippen LogP contribution in [0.3, 0.4) is 0 Å². The zero-order chi connectivity index (χ0) is 15.0. The zero-order valence-electron chi connectivity index (χ0n) is 11.9. The normalized spacial score (nSPS) is 12.6. The van der Waals surface area contributed by atoms with Gasteiger partial charge in [-0.25, -0.2) is 0 Å². The summed E-state index contributed by atoms with van der Waals surface area (Å²) in [6, 6.07) is 13.4. The van der Waals surface area contributed by atoms with Crippen LogP contribution in [0.15, 0.2) is 51.4 Å². The van der Waals surface area contributed by atoms with Crippen molar-refractivity contribution in [3.63, 3.8) is 0 Å². The van der Waals surface area contributed by atoms with E-state index in [1.54, 1.807) is 7.11 Å². The lowest BCUT2D eigenvalue weighted by Crippen LogP contribution is -2.12. The molecule has 0 saturated heterocycles. The molecule has 0 aliphatic rings. The average Bonchev–Trinajstić information content (AvgIpc) is 2.83. The van der Waals surface area contributed by atoms with Crippen LogP contribution in [0.5, 0.6) is 5.75 Å². The van der Waals surface area contributed by atoms with Crippen molar-refractivity contribution >= 4 is 26.9 Å². The summed E-state index contributed by atoms with van der Waals surface area (Å²) >= 11 is 3.49. The SMILES string of the molecule is COc1cccc(C(N)c2oc3ccc(Br)cc3c2C)c1. The maximum Gasteiger partial charge on any atom is 0.134 e. The fourth-order valence-electron chi connectivity index (χ4n) is 2.50. The Hall–Kier alpha value is -1.78. The van der Waals surface area contributed by atoms with Crippen molar-refractivity contribution in [2.24, 2.45) is 5.73 Å². The fourth-order valence-corrected chi connectivity index (χ4v) is 2.86. The van der Waals surface area contributed by atoms with Crippen LogP contribution >= 0.6 is 15.9 Å². The van der Waals surface area contributed by atoms with Gasteiger partial charge in [0.25, 0.3) is 0 Å². The van der Waals surface area contributed by atoms with Crippen LogP contribution in [-0.2, 0) is 0 Å². The Bertz CT molecular complexity index is 795. The van der Waals surface area contributed by atoms with E-state index in [2.05, 4.69) is 22.0 Å². The number of hydrogen-bond donors (Lipinski definition) is 1. The molecule has 0 amide bonds. The van der Waals surface area contributed by atoms with E-state index in [1.165, 1.54) is 0 Å². The lowest BCUT2D eigenvalue weighted by Gasteiger charge is -2.11. The molecule has 2 aromatic carbocycles. The van der Waals surface area contributed by atoms with Crippen LogP contribution in [-0.4, -0.2) is 7.11 Å². The number of halogens is 1. The highest BCUT2D eigenvalue weighted by molar-refractivity contribution is 9.10. The van der Waals surface area contributed by atoms with Crippen LogP contribution < -0.4 is 10.5 Å². The quantitative estimate of drug-likeness (QED) is 0.756. The van der Waals surface area contributed by atoms with E-state index in [1.807, 2.05) is 43.3 Å². The molecule has 3 nitrogen and oxygen atoms in total. The number of fused-ring (bicyclic) bond motifs is 1. The van der Waals surface area contributed by atoms with Crippen molar-refractivity contribution in [3.8, 4) is 5.75 Å². The number of aryl methyl sites for hydroxylation is 1. The monoisotopic (exact) mass is 345 g/mol. The van der Waals surface area contributed by atoms with E-state index in [0.717, 1.165) is 38.1 Å². The first-order valence-electron chi connectivity index (χ1n) is 6.68. The molecule has 4 heteroatoms. The van der Waals surface area contributed by atoms with Crippen molar-refractivity contribution in [1.82, 2.24) is 0 Å². The first kappa shape index (κ1) is 14.2. The van der Waals surface area contributed by atoms with Gasteiger partial charge < -0.3 is 14.9 Å². The lowest BCUT2D eigenvalue weighted by atomic mass is 10.0. The Morgan fingerprint density at radius 3 is 2.76 bits per heavy atom. The minimum Gasteiger partial charge on any atom is -0.497 e. The van der Waals surface area contributed by atoms with Crippen molar-refractivity contribution in [2.45, 2.75) is 13.0 Å². The molecule has 0 radical (unpaired) electrons. The summed E-state index contributed by atoms with van der Waals surface area (Å²) < 4.78 is 12.2. The lowest BCUT2D eigenvalue weighted by molar-refractivity contribution is 0.413. The second-order valence-electron chi connectivity index (χ2n) is 4.99. The first-order chi connectivity index (χ1) is 10.1. The molecule has 108 valence electrons. The van der Waals surface area contributed by atoms with Gasteiger partial charge in [-0.1, -0.05) is 28.1 Å². The van der Waals surface area contributed by atoms with Gasteiger partial charge in [-0.05, 0) is 42.8 Å². The zero-order valence-corrected chi connectivity index (χ0v) is 13.5. The summed E-state index contributed by atoms with van der Waals surface area (Å²) in [7, 11) is 1.65. The van der Waals surface area contributed by atoms with E-state index in [-0.39, 0.29) is 6.04 Å². The molecule has 0 aliphatic heterocycles. The maximum atomic E-state index is 6.38. The minimum absolute atomic E-state index is 0.314. The molecule has 3 aromatic rings. The second kappa shape index (κ2) is 5.54. The molecule has 1 atom stereocenters. The summed E-state index contributed by atoms with van der Waals surface area (Å²) in [6.07, 6.45) is 0. The van der Waals surface area contributed by atoms with Gasteiger partial charge in [0.05, 0.1) is 13.2 Å². The third kappa shape index (κ3) is 2.57. The first-order valence-corrected chi connectivity index (χ1v) is 7.47. The standard InChI is InChI=1S/C17H16BrNO2/c1-10-14-9-12(18)6-7-15(14)21-17(10)16(19)11-4-3-5-13(8-11)20-2/h3-9,16H,19H2,1-2H3. The number of furan rings is 1. The van der Waals surface area contributed by atoms with E-state index < -0.39 is 0 Å². The third-order valence-corrected chi connectivity index (χ3v) is 4.16. The van der Waals surface area contributed by atoms with Gasteiger partial charge in [0.1, 0.15) is 17.1 Å². The highest BCUT2D eigenvalue weighted by atomic mass is 79.9. The van der Waals surface area contributed by atoms with E-state index in [4.69, 9.17) is 14.9 Å². The van der Waals surface area contributed by atoms with Crippen LogP contribution in [0.4, 0.5) is 0 Å². The molecule has 1 aromatic heterocycles. The molecular weight excluding hydrogens is 330 g/mol. The maximum absolute atomic E-state index is 6.38. The molecule has 21 heavy (non-hydrogen) atoms. The predicted octanol–water partition coefficient (Wildman–Crippen LogP) is 4.56. The van der Waals surface area contributed by atoms with Crippen LogP contribution in [0.2, 0.25) is 0 Å². The molecule has 1 heterocycles. The highest BCUT2D eigenvalue weighted by Gasteiger charge is 2.19. The van der Waals surface area contributed by atoms with Gasteiger partial charge >= 0.3 is 0 Å². The molecule has 0 spiro atoms. The summed E-state index contributed by atoms with van der Waals surface area (Å²) in [5, 5.41) is 1.08. The van der Waals surface area contributed by atoms with Crippen molar-refractivity contribution < 1.29 is 9.15 Å². The fraction of sp³-hybridized carbons (Fsp3) is 0.176. The molecule has 2 N–H and O–H groups in total. The van der Waals surface area contributed by atoms with Crippen LogP contribution in [0, 0.1) is 6.92 Å². The smallest absolute Gasteiger partial charge is 0.134 e. The van der Waals surface area contributed by atoms with Crippen LogP contribution in [0.1, 0.15) is 22.9 Å². The van der Waals surface area contributed by atoms with Crippen molar-refractivity contribution in [1.29, 1.82) is 0 Å². The van der Waals surface area contributed by atoms with Gasteiger partial charge in [-0.2, -0.15) is 0 Å². The molecule has 0 saturated carbocycles. The van der Waals surface area contributed by atoms with Gasteiger partial charge in [0, 0.05) is 15.4 Å². The topological polar surface area (TPSA) is 48.4 Å². The summed E-state index contributed by atoms with van der Waals surface area (Å²) in [5.74, 6) is 1.58. The van der Waals surface area contributed by atoms with Crippen molar-refractivity contribution in [3.05, 3.63) is 63.8 Å². The van der Waals surface area contributed by atoms with E-state index in [0.29, 0.717) is 0 Å². The number of benzene rings is 2. The second-order valence-corrected chi connectivity index (χ2v) is 5.90. The number of ether oxygens (including phenoxy) is 1. The Morgan fingerprint density at radius 1 is 1.19 bits per heavy atom. The van der Waals surface area contributed by atoms with E-state index >= 15 is 0 Å². The number of methoxy groups -OCH3 is 1. The Labute approximate surface area is 131 Å². The number of hydrogen-bond acceptors (Lipinski definition) is 3. The number of nitrogens with two attached hydrogens (primary N) is 1. The highest BCUT2D eigenvalue weighted by Crippen LogP contribution is 2.33.